The van der Waals surface area contributed by atoms with Crippen LogP contribution in [0.25, 0.3) is 10.9 Å². The number of pyridine rings is 2. The number of hydrogen-bond donors (Lipinski definition) is 1. The number of piperidine rings is 1. The summed E-state index contributed by atoms with van der Waals surface area (Å²) < 4.78 is 95.1. The average Bonchev–Trinajstić information content (AvgIpc) is 3.18. The molecule has 12 nitrogen and oxygen atoms in total. The third-order valence-electron chi connectivity index (χ3n) is 9.51. The van der Waals surface area contributed by atoms with Crippen LogP contribution in [0.2, 0.25) is 0 Å². The van der Waals surface area contributed by atoms with Gasteiger partial charge in [-0.05, 0) is 36.4 Å². The second-order valence-corrected chi connectivity index (χ2v) is 14.9. The SMILES string of the molecule is COc1ccc(CN(Cc2ccc(OC)cc2OC)S(=O)(=O)c2cc(NC(=O)c3cc4ccc(F)cc4nc3N3CCC(F)(F)C(C)C3)ccn2)c(OC)c1. The lowest BCUT2D eigenvalue weighted by Crippen LogP contribution is -2.46. The third kappa shape index (κ3) is 8.39. The fraction of sp³-hybridized carbons (Fsp3) is 0.308. The molecule has 0 bridgehead atoms. The number of nitrogens with one attached hydrogen (secondary N) is 1. The number of fused-ring (bicyclic) bond motifs is 1. The van der Waals surface area contributed by atoms with Gasteiger partial charge in [0, 0.05) is 91.2 Å². The van der Waals surface area contributed by atoms with Crippen molar-refractivity contribution in [2.24, 2.45) is 5.92 Å². The van der Waals surface area contributed by atoms with E-state index in [0.29, 0.717) is 39.5 Å². The Morgan fingerprint density at radius 2 is 1.53 bits per heavy atom. The third-order valence-corrected chi connectivity index (χ3v) is 11.2. The van der Waals surface area contributed by atoms with Gasteiger partial charge < -0.3 is 29.2 Å². The van der Waals surface area contributed by atoms with E-state index >= 15 is 0 Å². The van der Waals surface area contributed by atoms with Crippen LogP contribution < -0.4 is 29.2 Å². The van der Waals surface area contributed by atoms with Crippen LogP contribution >= 0.6 is 0 Å². The van der Waals surface area contributed by atoms with Crippen LogP contribution in [-0.2, 0) is 23.1 Å². The summed E-state index contributed by atoms with van der Waals surface area (Å²) in [6, 6.07) is 18.1. The molecule has 16 heteroatoms. The highest BCUT2D eigenvalue weighted by Gasteiger charge is 2.42. The van der Waals surface area contributed by atoms with Gasteiger partial charge in [-0.1, -0.05) is 19.1 Å². The van der Waals surface area contributed by atoms with E-state index in [-0.39, 0.29) is 53.8 Å². The molecular weight excluding hydrogens is 740 g/mol. The highest BCUT2D eigenvalue weighted by atomic mass is 32.2. The van der Waals surface area contributed by atoms with E-state index in [4.69, 9.17) is 18.9 Å². The number of methoxy groups -OCH3 is 4. The van der Waals surface area contributed by atoms with Gasteiger partial charge in [-0.2, -0.15) is 4.31 Å². The first-order chi connectivity index (χ1) is 26.3. The minimum Gasteiger partial charge on any atom is -0.497 e. The molecule has 3 aromatic carbocycles. The van der Waals surface area contributed by atoms with Crippen molar-refractivity contribution in [3.63, 3.8) is 0 Å². The summed E-state index contributed by atoms with van der Waals surface area (Å²) in [5, 5.41) is 2.81. The number of anilines is 2. The number of rotatable bonds is 13. The molecule has 1 amide bonds. The summed E-state index contributed by atoms with van der Waals surface area (Å²) >= 11 is 0. The van der Waals surface area contributed by atoms with E-state index in [1.54, 1.807) is 41.3 Å². The largest absolute Gasteiger partial charge is 0.497 e. The Balaban J connectivity index is 1.35. The topological polar surface area (TPSA) is 132 Å². The van der Waals surface area contributed by atoms with E-state index in [2.05, 4.69) is 15.3 Å². The molecule has 0 saturated carbocycles. The molecule has 3 heterocycles. The monoisotopic (exact) mass is 779 g/mol. The summed E-state index contributed by atoms with van der Waals surface area (Å²) in [4.78, 5) is 24.3. The van der Waals surface area contributed by atoms with E-state index in [1.807, 2.05) is 0 Å². The summed E-state index contributed by atoms with van der Waals surface area (Å²) in [6.07, 6.45) is 0.796. The predicted molar refractivity (Wildman–Crippen MR) is 200 cm³/mol. The van der Waals surface area contributed by atoms with Crippen LogP contribution in [-0.4, -0.2) is 76.0 Å². The second-order valence-electron chi connectivity index (χ2n) is 13.0. The Bertz CT molecular complexity index is 2270. The van der Waals surface area contributed by atoms with Crippen LogP contribution in [0.15, 0.2) is 84.0 Å². The first kappa shape index (κ1) is 39.1. The molecule has 0 radical (unpaired) electrons. The summed E-state index contributed by atoms with van der Waals surface area (Å²) in [6.45, 7) is 0.944. The van der Waals surface area contributed by atoms with Crippen molar-refractivity contribution in [2.45, 2.75) is 37.4 Å². The molecule has 1 aliphatic rings. The quantitative estimate of drug-likeness (QED) is 0.134. The highest BCUT2D eigenvalue weighted by molar-refractivity contribution is 7.89. The van der Waals surface area contributed by atoms with Crippen molar-refractivity contribution >= 4 is 38.3 Å². The number of benzene rings is 3. The molecular formula is C39H40F3N5O7S. The smallest absolute Gasteiger partial charge is 0.261 e. The van der Waals surface area contributed by atoms with Gasteiger partial charge in [0.1, 0.15) is 34.6 Å². The minimum atomic E-state index is -4.41. The van der Waals surface area contributed by atoms with Crippen LogP contribution in [0.1, 0.15) is 34.8 Å². The number of aromatic nitrogens is 2. The molecule has 0 aliphatic carbocycles. The van der Waals surface area contributed by atoms with Crippen molar-refractivity contribution in [2.75, 3.05) is 51.7 Å². The molecule has 1 aliphatic heterocycles. The first-order valence-corrected chi connectivity index (χ1v) is 18.6. The Morgan fingerprint density at radius 1 is 0.891 bits per heavy atom. The molecule has 0 spiro atoms. The summed E-state index contributed by atoms with van der Waals surface area (Å²) in [7, 11) is 1.54. The van der Waals surface area contributed by atoms with Gasteiger partial charge in [0.25, 0.3) is 21.9 Å². The van der Waals surface area contributed by atoms with Crippen LogP contribution in [0.4, 0.5) is 24.7 Å². The van der Waals surface area contributed by atoms with Gasteiger partial charge in [0.15, 0.2) is 5.03 Å². The van der Waals surface area contributed by atoms with Gasteiger partial charge in [0.05, 0.1) is 39.5 Å². The molecule has 5 aromatic rings. The van der Waals surface area contributed by atoms with Crippen LogP contribution in [0.3, 0.4) is 0 Å². The Hall–Kier alpha value is -5.61. The van der Waals surface area contributed by atoms with Crippen LogP contribution in [0, 0.1) is 11.7 Å². The summed E-state index contributed by atoms with van der Waals surface area (Å²) in [5.41, 5.74) is 1.44. The molecule has 55 heavy (non-hydrogen) atoms. The maximum atomic E-state index is 14.5. The zero-order valence-corrected chi connectivity index (χ0v) is 31.6. The van der Waals surface area contributed by atoms with Gasteiger partial charge in [-0.25, -0.2) is 31.6 Å². The number of nitrogens with zero attached hydrogens (tertiary/aromatic N) is 4. The first-order valence-electron chi connectivity index (χ1n) is 17.2. The van der Waals surface area contributed by atoms with Gasteiger partial charge >= 0.3 is 0 Å². The zero-order chi connectivity index (χ0) is 39.5. The summed E-state index contributed by atoms with van der Waals surface area (Å²) in [5.74, 6) is -3.24. The van der Waals surface area contributed by atoms with Crippen molar-refractivity contribution in [1.82, 2.24) is 14.3 Å². The van der Waals surface area contributed by atoms with Crippen molar-refractivity contribution in [1.29, 1.82) is 0 Å². The number of amides is 1. The Labute approximate surface area is 316 Å². The van der Waals surface area contributed by atoms with Crippen molar-refractivity contribution < 1.29 is 45.3 Å². The lowest BCUT2D eigenvalue weighted by molar-refractivity contribution is -0.0652. The fourth-order valence-electron chi connectivity index (χ4n) is 6.35. The van der Waals surface area contributed by atoms with E-state index < -0.39 is 40.0 Å². The number of ether oxygens (including phenoxy) is 4. The Kier molecular flexibility index (Phi) is 11.4. The molecule has 1 atom stereocenters. The standard InChI is InChI=1S/C39H40F3N5O7S/c1-24-21-46(15-13-39(24,41)42)37-32(16-25-6-9-28(40)17-33(25)45-37)38(48)44-29-12-14-43-36(18-29)55(49,50)47(22-26-7-10-30(51-2)19-34(26)53-4)23-27-8-11-31(52-3)20-35(27)54-5/h6-12,14,16-20,24H,13,15,21-23H2,1-5H3,(H,43,44,48). The number of hydrogen-bond acceptors (Lipinski definition) is 10. The lowest BCUT2D eigenvalue weighted by Gasteiger charge is -2.38. The lowest BCUT2D eigenvalue weighted by atomic mass is 9.95. The van der Waals surface area contributed by atoms with Gasteiger partial charge in [0.2, 0.25) is 0 Å². The zero-order valence-electron chi connectivity index (χ0n) is 30.8. The van der Waals surface area contributed by atoms with E-state index in [1.165, 1.54) is 82.3 Å². The van der Waals surface area contributed by atoms with Crippen molar-refractivity contribution in [3.05, 3.63) is 102 Å². The molecule has 6 rings (SSSR count). The normalized spacial score (nSPS) is 15.5. The van der Waals surface area contributed by atoms with Gasteiger partial charge in [-0.3, -0.25) is 4.79 Å². The minimum absolute atomic E-state index is 0.0394. The predicted octanol–water partition coefficient (Wildman–Crippen LogP) is 6.93. The highest BCUT2D eigenvalue weighted by Crippen LogP contribution is 2.37. The van der Waals surface area contributed by atoms with Crippen molar-refractivity contribution in [3.8, 4) is 23.0 Å². The average molecular weight is 780 g/mol. The number of halogens is 3. The molecule has 1 fully saturated rings. The number of sulfonamides is 1. The number of carbonyl (C=O) groups excluding carboxylic acids is 1. The molecule has 290 valence electrons. The maximum Gasteiger partial charge on any atom is 0.261 e. The molecule has 1 unspecified atom stereocenters. The maximum absolute atomic E-state index is 14.5. The van der Waals surface area contributed by atoms with Crippen LogP contribution in [0.5, 0.6) is 23.0 Å². The Morgan fingerprint density at radius 3 is 2.11 bits per heavy atom. The van der Waals surface area contributed by atoms with Gasteiger partial charge in [-0.15, -0.1) is 0 Å². The molecule has 1 saturated heterocycles. The number of carbonyl (C=O) groups is 1. The number of alkyl halides is 2. The molecule has 1 N–H and O–H groups in total. The second kappa shape index (κ2) is 16.0. The molecule has 2 aromatic heterocycles. The fourth-order valence-corrected chi connectivity index (χ4v) is 7.70. The van der Waals surface area contributed by atoms with E-state index in [9.17, 15) is 26.4 Å². The van der Waals surface area contributed by atoms with E-state index in [0.717, 1.165) is 0 Å².